The highest BCUT2D eigenvalue weighted by molar-refractivity contribution is 8.16. The van der Waals surface area contributed by atoms with Gasteiger partial charge in [0.1, 0.15) is 0 Å². The van der Waals surface area contributed by atoms with E-state index in [1.807, 2.05) is 58.8 Å². The first-order valence-corrected chi connectivity index (χ1v) is 15.1. The second-order valence-electron chi connectivity index (χ2n) is 9.88. The molecule has 0 aromatic heterocycles. The number of halogens is 1. The van der Waals surface area contributed by atoms with Gasteiger partial charge in [-0.25, -0.2) is 9.79 Å². The normalized spacial score (nSPS) is 19.0. The fraction of sp³-hybridized carbons (Fsp3) is 0.355. The summed E-state index contributed by atoms with van der Waals surface area (Å²) in [4.78, 5) is 47.9. The molecule has 3 heterocycles. The predicted octanol–water partition coefficient (Wildman–Crippen LogP) is 5.81. The third-order valence-corrected chi connectivity index (χ3v) is 8.44. The molecule has 3 aliphatic heterocycles. The highest BCUT2D eigenvalue weighted by atomic mass is 35.5. The van der Waals surface area contributed by atoms with Gasteiger partial charge < -0.3 is 19.3 Å². The largest absolute Gasteiger partial charge is 0.466 e. The van der Waals surface area contributed by atoms with Gasteiger partial charge in [0, 0.05) is 29.4 Å². The molecule has 2 aromatic rings. The molecule has 5 rings (SSSR count). The average Bonchev–Trinajstić information content (AvgIpc) is 3.39. The first kappa shape index (κ1) is 29.0. The molecule has 1 unspecified atom stereocenters. The topological polar surface area (TPSA) is 88.5 Å². The molecule has 0 spiro atoms. The van der Waals surface area contributed by atoms with Crippen LogP contribution in [0.1, 0.15) is 50.3 Å². The molecule has 2 aromatic carbocycles. The minimum Gasteiger partial charge on any atom is -0.466 e. The quantitative estimate of drug-likeness (QED) is 0.357. The lowest BCUT2D eigenvalue weighted by Crippen LogP contribution is -2.42. The van der Waals surface area contributed by atoms with E-state index >= 15 is 0 Å². The van der Waals surface area contributed by atoms with Gasteiger partial charge in [-0.2, -0.15) is 0 Å². The third kappa shape index (κ3) is 6.21. The van der Waals surface area contributed by atoms with E-state index in [0.717, 1.165) is 16.8 Å². The van der Waals surface area contributed by atoms with E-state index < -0.39 is 12.0 Å². The molecule has 8 nitrogen and oxygen atoms in total. The van der Waals surface area contributed by atoms with Crippen LogP contribution in [0, 0.1) is 5.92 Å². The highest BCUT2D eigenvalue weighted by Gasteiger charge is 2.43. The maximum Gasteiger partial charge on any atom is 0.338 e. The third-order valence-electron chi connectivity index (χ3n) is 7.32. The Hall–Kier alpha value is -3.56. The monoisotopic (exact) mass is 593 g/mol. The summed E-state index contributed by atoms with van der Waals surface area (Å²) < 4.78 is 10.7. The number of fused-ring (bicyclic) bond motifs is 1. The summed E-state index contributed by atoms with van der Waals surface area (Å²) in [5.74, 6) is -0.883. The van der Waals surface area contributed by atoms with Gasteiger partial charge in [-0.15, -0.1) is 0 Å². The van der Waals surface area contributed by atoms with Gasteiger partial charge in [0.15, 0.2) is 5.17 Å². The van der Waals surface area contributed by atoms with Gasteiger partial charge in [-0.05, 0) is 49.8 Å². The Morgan fingerprint density at radius 2 is 1.73 bits per heavy atom. The number of thioether (sulfide) groups is 1. The molecule has 10 heteroatoms. The van der Waals surface area contributed by atoms with Crippen molar-refractivity contribution in [2.45, 2.75) is 39.2 Å². The van der Waals surface area contributed by atoms with E-state index in [4.69, 9.17) is 26.1 Å². The summed E-state index contributed by atoms with van der Waals surface area (Å²) >= 11 is 7.85. The lowest BCUT2D eigenvalue weighted by atomic mass is 9.91. The van der Waals surface area contributed by atoms with E-state index in [2.05, 4.69) is 0 Å². The van der Waals surface area contributed by atoms with Crippen LogP contribution < -0.4 is 0 Å². The standard InChI is InChI=1S/C31H32ClN3O5S/c1-3-39-29(37)21-13-15-34(16-14-21)25(36)18-24-19-41-31-33-27(20-9-6-5-7-10-20)26(30(38)40-4-2)28(35(24)31)22-11-8-12-23(32)17-22/h5-12,17,19,21,28H,3-4,13-16,18H2,1-2H3. The molecule has 1 atom stereocenters. The number of likely N-dealkylation sites (tertiary alicyclic amines) is 1. The van der Waals surface area contributed by atoms with Crippen molar-refractivity contribution in [3.8, 4) is 0 Å². The van der Waals surface area contributed by atoms with Crippen LogP contribution >= 0.6 is 23.4 Å². The van der Waals surface area contributed by atoms with Gasteiger partial charge >= 0.3 is 11.9 Å². The number of rotatable bonds is 8. The molecule has 1 saturated heterocycles. The van der Waals surface area contributed by atoms with Crippen LogP contribution in [0.25, 0.3) is 5.70 Å². The van der Waals surface area contributed by atoms with Crippen molar-refractivity contribution < 1.29 is 23.9 Å². The zero-order chi connectivity index (χ0) is 28.9. The Bertz CT molecular complexity index is 1420. The van der Waals surface area contributed by atoms with Crippen LogP contribution in [0.3, 0.4) is 0 Å². The van der Waals surface area contributed by atoms with E-state index in [-0.39, 0.29) is 30.8 Å². The van der Waals surface area contributed by atoms with Crippen molar-refractivity contribution in [2.24, 2.45) is 10.9 Å². The van der Waals surface area contributed by atoms with Gasteiger partial charge in [0.05, 0.1) is 42.9 Å². The minimum absolute atomic E-state index is 0.0410. The number of benzene rings is 2. The molecule has 0 saturated carbocycles. The molecule has 1 amide bonds. The maximum atomic E-state index is 13.6. The van der Waals surface area contributed by atoms with Crippen LogP contribution in [0.2, 0.25) is 5.02 Å². The van der Waals surface area contributed by atoms with Crippen LogP contribution in [-0.2, 0) is 23.9 Å². The molecule has 214 valence electrons. The first-order valence-electron chi connectivity index (χ1n) is 13.8. The Morgan fingerprint density at radius 3 is 2.41 bits per heavy atom. The number of hydrogen-bond donors (Lipinski definition) is 0. The minimum atomic E-state index is -0.598. The lowest BCUT2D eigenvalue weighted by Gasteiger charge is -2.37. The van der Waals surface area contributed by atoms with E-state index in [1.54, 1.807) is 24.8 Å². The van der Waals surface area contributed by atoms with Gasteiger partial charge in [0.2, 0.25) is 5.91 Å². The molecule has 0 N–H and O–H groups in total. The Kier molecular flexibility index (Phi) is 9.15. The summed E-state index contributed by atoms with van der Waals surface area (Å²) in [6, 6.07) is 16.3. The van der Waals surface area contributed by atoms with Crippen molar-refractivity contribution in [1.29, 1.82) is 0 Å². The summed E-state index contributed by atoms with van der Waals surface area (Å²) in [7, 11) is 0. The smallest absolute Gasteiger partial charge is 0.338 e. The number of amidine groups is 1. The van der Waals surface area contributed by atoms with Crippen LogP contribution in [0.15, 0.2) is 76.3 Å². The van der Waals surface area contributed by atoms with Gasteiger partial charge in [-0.3, -0.25) is 9.59 Å². The second-order valence-corrected chi connectivity index (χ2v) is 11.2. The molecular weight excluding hydrogens is 562 g/mol. The fourth-order valence-corrected chi connectivity index (χ4v) is 6.49. The van der Waals surface area contributed by atoms with Crippen molar-refractivity contribution in [3.63, 3.8) is 0 Å². The number of ether oxygens (including phenoxy) is 2. The summed E-state index contributed by atoms with van der Waals surface area (Å²) in [5, 5.41) is 3.13. The number of nitrogens with zero attached hydrogens (tertiary/aromatic N) is 3. The number of amides is 1. The van der Waals surface area contributed by atoms with Crippen LogP contribution in [0.4, 0.5) is 0 Å². The zero-order valence-electron chi connectivity index (χ0n) is 23.0. The molecule has 0 aliphatic carbocycles. The number of hydrogen-bond acceptors (Lipinski definition) is 8. The molecule has 1 fully saturated rings. The number of carbonyl (C=O) groups is 3. The molecule has 3 aliphatic rings. The van der Waals surface area contributed by atoms with E-state index in [9.17, 15) is 14.4 Å². The Morgan fingerprint density at radius 1 is 1.00 bits per heavy atom. The van der Waals surface area contributed by atoms with E-state index in [1.165, 1.54) is 11.8 Å². The molecular formula is C31H32ClN3O5S. The van der Waals surface area contributed by atoms with Crippen molar-refractivity contribution in [2.75, 3.05) is 26.3 Å². The summed E-state index contributed by atoms with van der Waals surface area (Å²) in [6.45, 7) is 5.12. The van der Waals surface area contributed by atoms with Gasteiger partial charge in [0.25, 0.3) is 0 Å². The number of esters is 2. The second kappa shape index (κ2) is 13.0. The van der Waals surface area contributed by atoms with Gasteiger partial charge in [-0.1, -0.05) is 65.8 Å². The molecule has 0 bridgehead atoms. The molecule has 0 radical (unpaired) electrons. The van der Waals surface area contributed by atoms with Crippen molar-refractivity contribution >= 4 is 52.1 Å². The maximum absolute atomic E-state index is 13.6. The highest BCUT2D eigenvalue weighted by Crippen LogP contribution is 2.47. The first-order chi connectivity index (χ1) is 19.9. The van der Waals surface area contributed by atoms with E-state index in [0.29, 0.717) is 54.0 Å². The van der Waals surface area contributed by atoms with Crippen LogP contribution in [-0.4, -0.2) is 59.1 Å². The van der Waals surface area contributed by atoms with Crippen LogP contribution in [0.5, 0.6) is 0 Å². The summed E-state index contributed by atoms with van der Waals surface area (Å²) in [6.07, 6.45) is 1.29. The number of piperidine rings is 1. The average molecular weight is 594 g/mol. The predicted molar refractivity (Wildman–Crippen MR) is 160 cm³/mol. The fourth-order valence-electron chi connectivity index (χ4n) is 5.37. The lowest BCUT2D eigenvalue weighted by molar-refractivity contribution is -0.151. The van der Waals surface area contributed by atoms with Crippen molar-refractivity contribution in [3.05, 3.63) is 87.4 Å². The number of aliphatic imine (C=N–C) groups is 1. The summed E-state index contributed by atoms with van der Waals surface area (Å²) in [5.41, 5.74) is 3.25. The Balaban J connectivity index is 1.47. The number of carbonyl (C=O) groups excluding carboxylic acids is 3. The zero-order valence-corrected chi connectivity index (χ0v) is 24.6. The Labute approximate surface area is 249 Å². The SMILES string of the molecule is CCOC(=O)C1=C(c2ccccc2)N=C2SC=C(CC(=O)N3CCC(C(=O)OCC)CC3)N2C1c1cccc(Cl)c1. The molecule has 41 heavy (non-hydrogen) atoms. The van der Waals surface area contributed by atoms with Crippen molar-refractivity contribution in [1.82, 2.24) is 9.80 Å².